The summed E-state index contributed by atoms with van der Waals surface area (Å²) >= 11 is 12.6. The van der Waals surface area contributed by atoms with Gasteiger partial charge in [0.1, 0.15) is 18.4 Å². The lowest BCUT2D eigenvalue weighted by Gasteiger charge is -2.33. The van der Waals surface area contributed by atoms with Gasteiger partial charge in [-0.25, -0.2) is 12.8 Å². The van der Waals surface area contributed by atoms with E-state index in [1.165, 1.54) is 53.4 Å². The summed E-state index contributed by atoms with van der Waals surface area (Å²) in [7, 11) is -4.30. The number of sulfonamides is 1. The Morgan fingerprint density at radius 2 is 1.63 bits per heavy atom. The van der Waals surface area contributed by atoms with Gasteiger partial charge in [0, 0.05) is 23.2 Å². The van der Waals surface area contributed by atoms with Gasteiger partial charge in [0.2, 0.25) is 11.8 Å². The fourth-order valence-electron chi connectivity index (χ4n) is 4.87. The second-order valence-corrected chi connectivity index (χ2v) is 12.8. The number of halogens is 3. The lowest BCUT2D eigenvalue weighted by molar-refractivity contribution is -0.139. The fraction of sp³-hybridized carbons (Fsp3) is 0.333. The minimum atomic E-state index is -4.30. The fourth-order valence-corrected chi connectivity index (χ4v) is 6.75. The van der Waals surface area contributed by atoms with Crippen LogP contribution in [0.1, 0.15) is 44.6 Å². The van der Waals surface area contributed by atoms with Gasteiger partial charge in [-0.3, -0.25) is 13.9 Å². The Labute approximate surface area is 250 Å². The number of anilines is 1. The van der Waals surface area contributed by atoms with Crippen LogP contribution < -0.4 is 9.62 Å². The summed E-state index contributed by atoms with van der Waals surface area (Å²) in [6.45, 7) is 0.610. The van der Waals surface area contributed by atoms with E-state index in [1.54, 1.807) is 31.2 Å². The summed E-state index contributed by atoms with van der Waals surface area (Å²) in [5.41, 5.74) is 0.193. The zero-order valence-corrected chi connectivity index (χ0v) is 24.9. The van der Waals surface area contributed by atoms with Crippen molar-refractivity contribution < 1.29 is 22.4 Å². The number of benzene rings is 3. The number of carbonyl (C=O) groups excluding carboxylic acids is 2. The molecule has 1 N–H and O–H groups in total. The SMILES string of the molecule is CC(C(=O)NC1CCCCC1)N(Cc1ccccc1F)C(=O)CN(c1cc(Cl)ccc1Cl)S(=O)(=O)c1ccccc1. The highest BCUT2D eigenvalue weighted by Crippen LogP contribution is 2.33. The van der Waals surface area contributed by atoms with Crippen molar-refractivity contribution in [3.8, 4) is 0 Å². The van der Waals surface area contributed by atoms with E-state index >= 15 is 0 Å². The third kappa shape index (κ3) is 7.58. The molecule has 4 rings (SSSR count). The maximum atomic E-state index is 14.7. The molecule has 1 fully saturated rings. The van der Waals surface area contributed by atoms with Crippen LogP contribution >= 0.6 is 23.2 Å². The van der Waals surface area contributed by atoms with E-state index in [-0.39, 0.29) is 44.7 Å². The number of amides is 2. The first-order chi connectivity index (χ1) is 19.6. The maximum absolute atomic E-state index is 14.7. The topological polar surface area (TPSA) is 86.8 Å². The molecule has 1 saturated carbocycles. The van der Waals surface area contributed by atoms with E-state index < -0.39 is 34.3 Å². The van der Waals surface area contributed by atoms with E-state index in [2.05, 4.69) is 5.32 Å². The number of carbonyl (C=O) groups is 2. The van der Waals surface area contributed by atoms with Gasteiger partial charge in [-0.2, -0.15) is 0 Å². The van der Waals surface area contributed by atoms with Crippen molar-refractivity contribution in [2.45, 2.75) is 62.6 Å². The van der Waals surface area contributed by atoms with Gasteiger partial charge in [0.05, 0.1) is 15.6 Å². The van der Waals surface area contributed by atoms with Crippen LogP contribution in [0.3, 0.4) is 0 Å². The van der Waals surface area contributed by atoms with Gasteiger partial charge < -0.3 is 10.2 Å². The number of hydrogen-bond acceptors (Lipinski definition) is 4. The second-order valence-electron chi connectivity index (χ2n) is 10.1. The van der Waals surface area contributed by atoms with Crippen LogP contribution in [0.4, 0.5) is 10.1 Å². The Kier molecular flexibility index (Phi) is 10.3. The lowest BCUT2D eigenvalue weighted by atomic mass is 9.95. The summed E-state index contributed by atoms with van der Waals surface area (Å²) in [5, 5.41) is 3.29. The first kappa shape index (κ1) is 30.8. The molecule has 1 atom stereocenters. The van der Waals surface area contributed by atoms with Gasteiger partial charge in [-0.15, -0.1) is 0 Å². The molecule has 0 heterocycles. The van der Waals surface area contributed by atoms with Gasteiger partial charge in [-0.1, -0.05) is 78.9 Å². The van der Waals surface area contributed by atoms with Crippen LogP contribution in [0.15, 0.2) is 77.7 Å². The van der Waals surface area contributed by atoms with Crippen molar-refractivity contribution in [2.24, 2.45) is 0 Å². The molecule has 0 aromatic heterocycles. The van der Waals surface area contributed by atoms with Crippen molar-refractivity contribution in [1.82, 2.24) is 10.2 Å². The monoisotopic (exact) mass is 619 g/mol. The van der Waals surface area contributed by atoms with E-state index in [0.717, 1.165) is 36.4 Å². The molecule has 1 unspecified atom stereocenters. The third-order valence-electron chi connectivity index (χ3n) is 7.20. The molecule has 1 aliphatic rings. The lowest BCUT2D eigenvalue weighted by Crippen LogP contribution is -2.53. The molecule has 1 aliphatic carbocycles. The Morgan fingerprint density at radius 1 is 0.976 bits per heavy atom. The van der Waals surface area contributed by atoms with E-state index in [0.29, 0.717) is 0 Å². The standard InChI is InChI=1S/C30H32Cl2FN3O4S/c1-21(30(38)34-24-11-4-2-5-12-24)35(19-22-10-8-9-15-27(22)33)29(37)20-36(28-18-23(31)16-17-26(28)32)41(39,40)25-13-6-3-7-14-25/h3,6-10,13-18,21,24H,2,4-5,11-12,19-20H2,1H3,(H,34,38). The molecule has 0 bridgehead atoms. The highest BCUT2D eigenvalue weighted by Gasteiger charge is 2.34. The zero-order valence-electron chi connectivity index (χ0n) is 22.6. The normalized spacial score (nSPS) is 14.7. The molecule has 218 valence electrons. The molecule has 7 nitrogen and oxygen atoms in total. The summed E-state index contributed by atoms with van der Waals surface area (Å²) < 4.78 is 43.3. The summed E-state index contributed by atoms with van der Waals surface area (Å²) in [6.07, 6.45) is 4.80. The van der Waals surface area contributed by atoms with Crippen molar-refractivity contribution >= 4 is 50.7 Å². The first-order valence-corrected chi connectivity index (χ1v) is 15.6. The Hall–Kier alpha value is -3.14. The van der Waals surface area contributed by atoms with Gasteiger partial charge in [0.25, 0.3) is 10.0 Å². The quantitative estimate of drug-likeness (QED) is 0.293. The molecule has 0 saturated heterocycles. The molecular weight excluding hydrogens is 588 g/mol. The van der Waals surface area contributed by atoms with Crippen LogP contribution in [0.2, 0.25) is 10.0 Å². The van der Waals surface area contributed by atoms with Gasteiger partial charge >= 0.3 is 0 Å². The average Bonchev–Trinajstić information content (AvgIpc) is 2.97. The number of rotatable bonds is 10. The Morgan fingerprint density at radius 3 is 2.32 bits per heavy atom. The predicted octanol–water partition coefficient (Wildman–Crippen LogP) is 6.19. The molecule has 41 heavy (non-hydrogen) atoms. The molecule has 0 radical (unpaired) electrons. The number of nitrogens with zero attached hydrogens (tertiary/aromatic N) is 2. The van der Waals surface area contributed by atoms with E-state index in [9.17, 15) is 22.4 Å². The second kappa shape index (κ2) is 13.7. The Bertz CT molecular complexity index is 1480. The number of hydrogen-bond donors (Lipinski definition) is 1. The largest absolute Gasteiger partial charge is 0.352 e. The highest BCUT2D eigenvalue weighted by molar-refractivity contribution is 7.92. The molecule has 0 spiro atoms. The Balaban J connectivity index is 1.71. The van der Waals surface area contributed by atoms with Crippen LogP contribution in [0, 0.1) is 5.82 Å². The maximum Gasteiger partial charge on any atom is 0.264 e. The van der Waals surface area contributed by atoms with Crippen LogP contribution in [-0.4, -0.2) is 43.8 Å². The molecule has 3 aromatic carbocycles. The number of nitrogens with one attached hydrogen (secondary N) is 1. The molecule has 3 aromatic rings. The molecule has 0 aliphatic heterocycles. The molecule has 11 heteroatoms. The van der Waals surface area contributed by atoms with Crippen molar-refractivity contribution in [3.63, 3.8) is 0 Å². The minimum Gasteiger partial charge on any atom is -0.352 e. The van der Waals surface area contributed by atoms with Crippen molar-refractivity contribution in [1.29, 1.82) is 0 Å². The van der Waals surface area contributed by atoms with Crippen molar-refractivity contribution in [3.05, 3.63) is 94.2 Å². The van der Waals surface area contributed by atoms with Crippen LogP contribution in [0.5, 0.6) is 0 Å². The first-order valence-electron chi connectivity index (χ1n) is 13.4. The van der Waals surface area contributed by atoms with Gasteiger partial charge in [0.15, 0.2) is 0 Å². The smallest absolute Gasteiger partial charge is 0.264 e. The zero-order chi connectivity index (χ0) is 29.6. The molecular formula is C30H32Cl2FN3O4S. The van der Waals surface area contributed by atoms with Crippen molar-refractivity contribution in [2.75, 3.05) is 10.8 Å². The third-order valence-corrected chi connectivity index (χ3v) is 9.53. The average molecular weight is 621 g/mol. The summed E-state index contributed by atoms with van der Waals surface area (Å²) in [5.74, 6) is -1.65. The van der Waals surface area contributed by atoms with Gasteiger partial charge in [-0.05, 0) is 56.2 Å². The van der Waals surface area contributed by atoms with Crippen LogP contribution in [-0.2, 0) is 26.2 Å². The summed E-state index contributed by atoms with van der Waals surface area (Å²) in [6, 6.07) is 16.8. The summed E-state index contributed by atoms with van der Waals surface area (Å²) in [4.78, 5) is 28.5. The minimum absolute atomic E-state index is 0.00141. The van der Waals surface area contributed by atoms with E-state index in [1.807, 2.05) is 0 Å². The van der Waals surface area contributed by atoms with Crippen LogP contribution in [0.25, 0.3) is 0 Å². The molecule has 2 amide bonds. The predicted molar refractivity (Wildman–Crippen MR) is 159 cm³/mol. The van der Waals surface area contributed by atoms with E-state index in [4.69, 9.17) is 23.2 Å². The highest BCUT2D eigenvalue weighted by atomic mass is 35.5.